The first kappa shape index (κ1) is 18.8. The molecule has 0 radical (unpaired) electrons. The summed E-state index contributed by atoms with van der Waals surface area (Å²) in [5.74, 6) is 0. The van der Waals surface area contributed by atoms with Crippen LogP contribution in [0.15, 0.2) is 0 Å². The minimum absolute atomic E-state index is 0. The highest BCUT2D eigenvalue weighted by atomic mass is 35.5. The molecule has 0 unspecified atom stereocenters. The minimum atomic E-state index is 0. The molecule has 0 aromatic rings. The number of aliphatic hydroxyl groups excluding tert-OH is 2. The Morgan fingerprint density at radius 2 is 1.54 bits per heavy atom. The van der Waals surface area contributed by atoms with Crippen LogP contribution >= 0.6 is 0 Å². The lowest BCUT2D eigenvalue weighted by Crippen LogP contribution is -3.00. The fourth-order valence-electron chi connectivity index (χ4n) is 0.391. The van der Waals surface area contributed by atoms with Crippen molar-refractivity contribution in [3.8, 4) is 0 Å². The summed E-state index contributed by atoms with van der Waals surface area (Å²) in [5, 5.41) is 16.3. The second-order valence-electron chi connectivity index (χ2n) is 3.45. The van der Waals surface area contributed by atoms with Crippen molar-refractivity contribution < 1.29 is 31.8 Å². The monoisotopic (exact) mass is 215 g/mol. The van der Waals surface area contributed by atoms with Gasteiger partial charge in [0.2, 0.25) is 0 Å². The van der Waals surface area contributed by atoms with Gasteiger partial charge in [0.05, 0.1) is 41.0 Å². The second-order valence-corrected chi connectivity index (χ2v) is 3.45. The number of aliphatic hydroxyl groups is 2. The molecular formula is C8H22ClNO3. The van der Waals surface area contributed by atoms with Gasteiger partial charge in [-0.25, -0.2) is 0 Å². The molecule has 0 aliphatic rings. The topological polar surface area (TPSA) is 49.7 Å². The summed E-state index contributed by atoms with van der Waals surface area (Å²) in [5.41, 5.74) is 0. The Morgan fingerprint density at radius 3 is 1.54 bits per heavy atom. The van der Waals surface area contributed by atoms with E-state index in [1.54, 1.807) is 7.11 Å². The van der Waals surface area contributed by atoms with E-state index < -0.39 is 0 Å². The van der Waals surface area contributed by atoms with Gasteiger partial charge in [-0.1, -0.05) is 0 Å². The van der Waals surface area contributed by atoms with E-state index in [1.807, 2.05) is 0 Å². The molecule has 0 heterocycles. The first-order chi connectivity index (χ1) is 5.47. The van der Waals surface area contributed by atoms with Gasteiger partial charge in [-0.2, -0.15) is 0 Å². The van der Waals surface area contributed by atoms with Gasteiger partial charge in [0, 0.05) is 7.11 Å². The fraction of sp³-hybridized carbons (Fsp3) is 1.00. The first-order valence-electron chi connectivity index (χ1n) is 3.99. The van der Waals surface area contributed by atoms with Crippen molar-refractivity contribution in [2.45, 2.75) is 0 Å². The number of hydrogen-bond donors (Lipinski definition) is 2. The van der Waals surface area contributed by atoms with Crippen LogP contribution in [0.2, 0.25) is 0 Å². The van der Waals surface area contributed by atoms with Crippen LogP contribution in [0.25, 0.3) is 0 Å². The van der Waals surface area contributed by atoms with E-state index in [4.69, 9.17) is 10.2 Å². The summed E-state index contributed by atoms with van der Waals surface area (Å²) in [7, 11) is 7.71. The molecule has 0 rings (SSSR count). The lowest BCUT2D eigenvalue weighted by Gasteiger charge is -2.21. The third-order valence-corrected chi connectivity index (χ3v) is 1.07. The molecule has 0 aromatic carbocycles. The summed E-state index contributed by atoms with van der Waals surface area (Å²) in [6.45, 7) is 1.68. The molecule has 0 aliphatic heterocycles. The summed E-state index contributed by atoms with van der Waals surface area (Å²) in [4.78, 5) is 0. The number of rotatable bonds is 4. The molecule has 0 saturated heterocycles. The molecule has 0 bridgehead atoms. The number of halogens is 1. The van der Waals surface area contributed by atoms with Crippen LogP contribution < -0.4 is 12.4 Å². The lowest BCUT2D eigenvalue weighted by molar-refractivity contribution is -0.870. The van der Waals surface area contributed by atoms with Crippen molar-refractivity contribution in [3.63, 3.8) is 0 Å². The van der Waals surface area contributed by atoms with Gasteiger partial charge >= 0.3 is 0 Å². The zero-order chi connectivity index (χ0) is 10.0. The number of likely N-dealkylation sites (N-methyl/N-ethyl adjacent to an activating group) is 1. The molecule has 0 fully saturated rings. The zero-order valence-corrected chi connectivity index (χ0v) is 9.71. The van der Waals surface area contributed by atoms with Crippen LogP contribution in [0.4, 0.5) is 0 Å². The first-order valence-corrected chi connectivity index (χ1v) is 3.99. The second kappa shape index (κ2) is 12.1. The van der Waals surface area contributed by atoms with Crippen LogP contribution in [0.1, 0.15) is 0 Å². The van der Waals surface area contributed by atoms with E-state index in [0.717, 1.165) is 11.0 Å². The van der Waals surface area contributed by atoms with Crippen molar-refractivity contribution in [2.75, 3.05) is 54.6 Å². The highest BCUT2D eigenvalue weighted by Gasteiger charge is 2.02. The van der Waals surface area contributed by atoms with Crippen molar-refractivity contribution in [1.82, 2.24) is 0 Å². The Hall–Kier alpha value is 0.130. The zero-order valence-electron chi connectivity index (χ0n) is 8.96. The number of nitrogens with zero attached hydrogens (tertiary/aromatic N) is 1. The van der Waals surface area contributed by atoms with Crippen molar-refractivity contribution in [1.29, 1.82) is 0 Å². The Bertz CT molecular complexity index is 83.9. The van der Waals surface area contributed by atoms with Crippen molar-refractivity contribution >= 4 is 0 Å². The largest absolute Gasteiger partial charge is 1.00 e. The highest BCUT2D eigenvalue weighted by molar-refractivity contribution is 4.19. The van der Waals surface area contributed by atoms with E-state index >= 15 is 0 Å². The third-order valence-electron chi connectivity index (χ3n) is 1.07. The van der Waals surface area contributed by atoms with Gasteiger partial charge in [-0.05, 0) is 0 Å². The van der Waals surface area contributed by atoms with Gasteiger partial charge < -0.3 is 31.8 Å². The van der Waals surface area contributed by atoms with E-state index in [0.29, 0.717) is 6.61 Å². The quantitative estimate of drug-likeness (QED) is 0.475. The molecular weight excluding hydrogens is 194 g/mol. The van der Waals surface area contributed by atoms with Gasteiger partial charge in [0.1, 0.15) is 6.54 Å². The molecule has 0 aromatic heterocycles. The molecule has 5 heteroatoms. The van der Waals surface area contributed by atoms with Crippen LogP contribution in [0.3, 0.4) is 0 Å². The maximum absolute atomic E-state index is 8.39. The van der Waals surface area contributed by atoms with Crippen LogP contribution in [0.5, 0.6) is 0 Å². The average Bonchev–Trinajstić information content (AvgIpc) is 1.87. The van der Waals surface area contributed by atoms with Gasteiger partial charge in [0.15, 0.2) is 0 Å². The predicted octanol–water partition coefficient (Wildman–Crippen LogP) is -3.69. The SMILES string of the molecule is COCCO.C[N+](C)(C)CCO.[Cl-]. The molecule has 0 atom stereocenters. The summed E-state index contributed by atoms with van der Waals surface area (Å²) in [6, 6.07) is 0. The molecule has 0 aliphatic carbocycles. The fourth-order valence-corrected chi connectivity index (χ4v) is 0.391. The Labute approximate surface area is 87.1 Å². The van der Waals surface area contributed by atoms with E-state index in [9.17, 15) is 0 Å². The van der Waals surface area contributed by atoms with Crippen LogP contribution in [-0.2, 0) is 4.74 Å². The molecule has 13 heavy (non-hydrogen) atoms. The maximum Gasteiger partial charge on any atom is 0.101 e. The lowest BCUT2D eigenvalue weighted by atomic mass is 10.5. The number of hydrogen-bond acceptors (Lipinski definition) is 3. The van der Waals surface area contributed by atoms with Crippen LogP contribution in [-0.4, -0.2) is 69.3 Å². The third kappa shape index (κ3) is 33.1. The van der Waals surface area contributed by atoms with E-state index in [-0.39, 0.29) is 25.6 Å². The number of ether oxygens (including phenoxy) is 1. The van der Waals surface area contributed by atoms with Crippen LogP contribution in [0, 0.1) is 0 Å². The number of quaternary nitrogens is 1. The standard InChI is InChI=1S/C5H14NO.C3H8O2.ClH/c1-6(2,3)4-5-7;1-5-3-2-4;/h7H,4-5H2,1-3H3;4H,2-3H2,1H3;1H/q+1;;/p-1. The van der Waals surface area contributed by atoms with Crippen molar-refractivity contribution in [2.24, 2.45) is 0 Å². The predicted molar refractivity (Wildman–Crippen MR) is 48.9 cm³/mol. The molecule has 0 amide bonds. The molecule has 0 saturated carbocycles. The van der Waals surface area contributed by atoms with E-state index in [2.05, 4.69) is 25.9 Å². The molecule has 2 N–H and O–H groups in total. The maximum atomic E-state index is 8.39. The minimum Gasteiger partial charge on any atom is -1.00 e. The summed E-state index contributed by atoms with van der Waals surface area (Å²) in [6.07, 6.45) is 0. The Morgan fingerprint density at radius 1 is 1.08 bits per heavy atom. The Kier molecular flexibility index (Phi) is 17.6. The van der Waals surface area contributed by atoms with Gasteiger partial charge in [-0.15, -0.1) is 0 Å². The molecule has 0 spiro atoms. The van der Waals surface area contributed by atoms with Gasteiger partial charge in [0.25, 0.3) is 0 Å². The molecule has 84 valence electrons. The Balaban J connectivity index is -0.000000150. The smallest absolute Gasteiger partial charge is 0.101 e. The normalized spacial score (nSPS) is 9.69. The summed E-state index contributed by atoms with van der Waals surface area (Å²) < 4.78 is 5.28. The summed E-state index contributed by atoms with van der Waals surface area (Å²) >= 11 is 0. The average molecular weight is 216 g/mol. The van der Waals surface area contributed by atoms with E-state index in [1.165, 1.54) is 0 Å². The van der Waals surface area contributed by atoms with Crippen molar-refractivity contribution in [3.05, 3.63) is 0 Å². The number of methoxy groups -OCH3 is 1. The molecule has 4 nitrogen and oxygen atoms in total. The van der Waals surface area contributed by atoms with Gasteiger partial charge in [-0.3, -0.25) is 0 Å². The highest BCUT2D eigenvalue weighted by Crippen LogP contribution is 1.84.